The van der Waals surface area contributed by atoms with Crippen LogP contribution in [0.5, 0.6) is 0 Å². The third-order valence-corrected chi connectivity index (χ3v) is 2.72. The van der Waals surface area contributed by atoms with Crippen LogP contribution in [0.3, 0.4) is 0 Å². The van der Waals surface area contributed by atoms with Crippen LogP contribution in [0.4, 0.5) is 13.2 Å². The van der Waals surface area contributed by atoms with Gasteiger partial charge in [0.1, 0.15) is 12.0 Å². The van der Waals surface area contributed by atoms with Crippen LogP contribution in [0, 0.1) is 0 Å². The first-order chi connectivity index (χ1) is 8.84. The van der Waals surface area contributed by atoms with Crippen molar-refractivity contribution in [1.29, 1.82) is 0 Å². The van der Waals surface area contributed by atoms with Crippen molar-refractivity contribution >= 4 is 0 Å². The van der Waals surface area contributed by atoms with Gasteiger partial charge in [0.2, 0.25) is 0 Å². The van der Waals surface area contributed by atoms with Crippen molar-refractivity contribution in [2.75, 3.05) is 0 Å². The molecule has 0 aliphatic rings. The monoisotopic (exact) mass is 275 g/mol. The molecule has 0 aliphatic carbocycles. The Kier molecular flexibility index (Phi) is 3.21. The van der Waals surface area contributed by atoms with E-state index in [0.29, 0.717) is 6.54 Å². The molecule has 0 aromatic carbocycles. The average Bonchev–Trinajstić information content (AvgIpc) is 2.84. The van der Waals surface area contributed by atoms with Crippen molar-refractivity contribution in [3.8, 4) is 0 Å². The Morgan fingerprint density at radius 3 is 2.53 bits per heavy atom. The Morgan fingerprint density at radius 2 is 2.00 bits per heavy atom. The van der Waals surface area contributed by atoms with Gasteiger partial charge in [0.15, 0.2) is 0 Å². The lowest BCUT2D eigenvalue weighted by atomic mass is 10.2. The van der Waals surface area contributed by atoms with Crippen LogP contribution in [-0.4, -0.2) is 24.1 Å². The van der Waals surface area contributed by atoms with E-state index in [1.165, 1.54) is 18.1 Å². The van der Waals surface area contributed by atoms with Gasteiger partial charge in [-0.15, -0.1) is 0 Å². The molecule has 0 amide bonds. The minimum absolute atomic E-state index is 0.0623. The number of nitrogens with zero attached hydrogens (tertiary/aromatic N) is 5. The lowest BCUT2D eigenvalue weighted by Crippen LogP contribution is -2.25. The fourth-order valence-corrected chi connectivity index (χ4v) is 1.84. The Balaban J connectivity index is 2.39. The van der Waals surface area contributed by atoms with Gasteiger partial charge < -0.3 is 0 Å². The largest absolute Gasteiger partial charge is 0.433 e. The number of alkyl halides is 3. The second kappa shape index (κ2) is 4.56. The highest BCUT2D eigenvalue weighted by atomic mass is 19.4. The molecule has 0 radical (unpaired) electrons. The molecule has 0 aliphatic heterocycles. The first-order valence-electron chi connectivity index (χ1n) is 5.55. The number of rotatable bonds is 3. The zero-order valence-corrected chi connectivity index (χ0v) is 10.3. The summed E-state index contributed by atoms with van der Waals surface area (Å²) in [6, 6.07) is 0. The molecule has 0 unspecified atom stereocenters. The van der Waals surface area contributed by atoms with Crippen molar-refractivity contribution < 1.29 is 13.2 Å². The van der Waals surface area contributed by atoms with Gasteiger partial charge >= 0.3 is 11.9 Å². The molecule has 0 atom stereocenters. The first kappa shape index (κ1) is 13.4. The van der Waals surface area contributed by atoms with E-state index in [2.05, 4.69) is 10.2 Å². The third-order valence-electron chi connectivity index (χ3n) is 2.72. The normalized spacial score (nSPS) is 12.1. The number of halogens is 3. The van der Waals surface area contributed by atoms with Crippen molar-refractivity contribution in [2.45, 2.75) is 26.2 Å². The SMILES string of the molecule is CCn1ncn(Cc2cnn(C)c2C(F)(F)F)c1=O. The highest BCUT2D eigenvalue weighted by Gasteiger charge is 2.37. The fraction of sp³-hybridized carbons (Fsp3) is 0.500. The van der Waals surface area contributed by atoms with Gasteiger partial charge in [-0.3, -0.25) is 9.25 Å². The van der Waals surface area contributed by atoms with Gasteiger partial charge in [-0.25, -0.2) is 9.48 Å². The molecule has 0 fully saturated rings. The Labute approximate surface area is 106 Å². The van der Waals surface area contributed by atoms with Gasteiger partial charge in [-0.1, -0.05) is 0 Å². The van der Waals surface area contributed by atoms with E-state index in [-0.39, 0.29) is 12.1 Å². The molecular weight excluding hydrogens is 263 g/mol. The molecule has 2 heterocycles. The Hall–Kier alpha value is -2.06. The molecule has 6 nitrogen and oxygen atoms in total. The molecular formula is C10H12F3N5O. The van der Waals surface area contributed by atoms with E-state index in [1.54, 1.807) is 6.92 Å². The number of hydrogen-bond donors (Lipinski definition) is 0. The van der Waals surface area contributed by atoms with E-state index >= 15 is 0 Å². The molecule has 9 heteroatoms. The van der Waals surface area contributed by atoms with Crippen molar-refractivity contribution in [3.05, 3.63) is 34.3 Å². The third kappa shape index (κ3) is 2.40. The molecule has 0 saturated carbocycles. The van der Waals surface area contributed by atoms with Crippen LogP contribution in [0.15, 0.2) is 17.3 Å². The standard InChI is InChI=1S/C10H12F3N5O/c1-3-18-9(19)17(6-15-18)5-7-4-14-16(2)8(7)10(11,12)13/h4,6H,3,5H2,1-2H3. The summed E-state index contributed by atoms with van der Waals surface area (Å²) in [6.07, 6.45) is -2.18. The minimum Gasteiger partial charge on any atom is -0.277 e. The van der Waals surface area contributed by atoms with Crippen molar-refractivity contribution in [1.82, 2.24) is 24.1 Å². The summed E-state index contributed by atoms with van der Waals surface area (Å²) in [5, 5.41) is 7.38. The fourth-order valence-electron chi connectivity index (χ4n) is 1.84. The highest BCUT2D eigenvalue weighted by molar-refractivity contribution is 5.21. The summed E-state index contributed by atoms with van der Waals surface area (Å²) < 4.78 is 41.6. The maximum atomic E-state index is 12.8. The smallest absolute Gasteiger partial charge is 0.277 e. The zero-order chi connectivity index (χ0) is 14.2. The van der Waals surface area contributed by atoms with Crippen LogP contribution in [0.25, 0.3) is 0 Å². The molecule has 0 bridgehead atoms. The zero-order valence-electron chi connectivity index (χ0n) is 10.3. The van der Waals surface area contributed by atoms with Crippen molar-refractivity contribution in [2.24, 2.45) is 7.05 Å². The maximum absolute atomic E-state index is 12.8. The number of hydrogen-bond acceptors (Lipinski definition) is 3. The average molecular weight is 275 g/mol. The predicted octanol–water partition coefficient (Wildman–Crippen LogP) is 0.865. The number of aryl methyl sites for hydroxylation is 2. The van der Waals surface area contributed by atoms with Crippen molar-refractivity contribution in [3.63, 3.8) is 0 Å². The van der Waals surface area contributed by atoms with E-state index in [0.717, 1.165) is 15.4 Å². The van der Waals surface area contributed by atoms with E-state index in [1.807, 2.05) is 0 Å². The van der Waals surface area contributed by atoms with Crippen LogP contribution >= 0.6 is 0 Å². The van der Waals surface area contributed by atoms with Gasteiger partial charge in [0.05, 0.1) is 12.7 Å². The highest BCUT2D eigenvalue weighted by Crippen LogP contribution is 2.31. The Bertz CT molecular complexity index is 636. The topological polar surface area (TPSA) is 57.6 Å². The Morgan fingerprint density at radius 1 is 1.32 bits per heavy atom. The van der Waals surface area contributed by atoms with Gasteiger partial charge in [-0.2, -0.15) is 23.4 Å². The molecule has 0 N–H and O–H groups in total. The lowest BCUT2D eigenvalue weighted by molar-refractivity contribution is -0.144. The summed E-state index contributed by atoms with van der Waals surface area (Å²) in [5.41, 5.74) is -1.36. The second-order valence-corrected chi connectivity index (χ2v) is 4.00. The molecule has 0 saturated heterocycles. The summed E-state index contributed by atoms with van der Waals surface area (Å²) in [4.78, 5) is 11.7. The molecule has 2 aromatic rings. The van der Waals surface area contributed by atoms with E-state index < -0.39 is 17.6 Å². The minimum atomic E-state index is -4.51. The summed E-state index contributed by atoms with van der Waals surface area (Å²) in [7, 11) is 1.21. The second-order valence-electron chi connectivity index (χ2n) is 4.00. The predicted molar refractivity (Wildman–Crippen MR) is 59.5 cm³/mol. The van der Waals surface area contributed by atoms with Gasteiger partial charge in [0.25, 0.3) is 0 Å². The molecule has 2 aromatic heterocycles. The van der Waals surface area contributed by atoms with E-state index in [9.17, 15) is 18.0 Å². The number of aromatic nitrogens is 5. The van der Waals surface area contributed by atoms with Crippen LogP contribution in [0.2, 0.25) is 0 Å². The van der Waals surface area contributed by atoms with E-state index in [4.69, 9.17) is 0 Å². The summed E-state index contributed by atoms with van der Waals surface area (Å²) in [6.45, 7) is 1.89. The quantitative estimate of drug-likeness (QED) is 0.835. The molecule has 19 heavy (non-hydrogen) atoms. The summed E-state index contributed by atoms with van der Waals surface area (Å²) in [5.74, 6) is 0. The van der Waals surface area contributed by atoms with Crippen LogP contribution in [-0.2, 0) is 26.3 Å². The van der Waals surface area contributed by atoms with Crippen LogP contribution < -0.4 is 5.69 Å². The van der Waals surface area contributed by atoms with Gasteiger partial charge in [-0.05, 0) is 6.92 Å². The maximum Gasteiger partial charge on any atom is 0.433 e. The van der Waals surface area contributed by atoms with Crippen LogP contribution in [0.1, 0.15) is 18.2 Å². The molecule has 0 spiro atoms. The molecule has 104 valence electrons. The molecule has 2 rings (SSSR count). The van der Waals surface area contributed by atoms with Gasteiger partial charge in [0, 0.05) is 19.2 Å². The summed E-state index contributed by atoms with van der Waals surface area (Å²) >= 11 is 0. The first-order valence-corrected chi connectivity index (χ1v) is 5.55. The lowest BCUT2D eigenvalue weighted by Gasteiger charge is -2.09.